The maximum Gasteiger partial charge on any atom is 0.509 e. The first kappa shape index (κ1) is 77.4. The van der Waals surface area contributed by atoms with E-state index in [1.807, 2.05) is 6.08 Å². The van der Waals surface area contributed by atoms with E-state index in [0.717, 1.165) is 51.4 Å². The number of carbonyl (C=O) groups is 6. The number of allylic oxidation sites excluding steroid dienone is 1. The minimum Gasteiger partial charge on any atom is -0.452 e. The molecular weight excluding hydrogens is 1190 g/mol. The minimum absolute atomic E-state index is 0.0287. The molecule has 7 atom stereocenters. The number of hydrogen-bond acceptors (Lipinski definition) is 16. The molecule has 0 saturated carbocycles. The van der Waals surface area contributed by atoms with Gasteiger partial charge in [0.05, 0.1) is 23.8 Å². The maximum atomic E-state index is 14.3. The van der Waals surface area contributed by atoms with Gasteiger partial charge < -0.3 is 52.7 Å². The molecule has 1 fully saturated rings. The molecule has 1 heterocycles. The van der Waals surface area contributed by atoms with E-state index in [9.17, 15) is 28.8 Å². The fraction of sp³-hybridized carbons (Fsp3) is 0.706. The summed E-state index contributed by atoms with van der Waals surface area (Å²) in [6.45, 7) is 13.3. The van der Waals surface area contributed by atoms with Crippen LogP contribution < -0.4 is 5.32 Å². The summed E-state index contributed by atoms with van der Waals surface area (Å²) in [5.41, 5.74) is -1.85. The lowest BCUT2D eigenvalue weighted by Gasteiger charge is -2.49. The van der Waals surface area contributed by atoms with Crippen LogP contribution in [0.1, 0.15) is 250 Å². The van der Waals surface area contributed by atoms with Crippen molar-refractivity contribution in [1.82, 2.24) is 5.32 Å². The van der Waals surface area contributed by atoms with Gasteiger partial charge in [-0.2, -0.15) is 0 Å². The highest BCUT2D eigenvalue weighted by molar-refractivity contribution is 6.67. The monoisotopic (exact) mass is 1300 g/mol. The number of rotatable bonds is 41. The predicted molar refractivity (Wildman–Crippen MR) is 343 cm³/mol. The van der Waals surface area contributed by atoms with Crippen LogP contribution in [0, 0.1) is 0 Å². The van der Waals surface area contributed by atoms with Gasteiger partial charge in [-0.3, -0.25) is 4.79 Å². The lowest BCUT2D eigenvalue weighted by molar-refractivity contribution is -0.357. The topological polar surface area (TPSA) is 207 Å². The minimum atomic E-state index is -2.35. The zero-order valence-electron chi connectivity index (χ0n) is 54.1. The first-order valence-electron chi connectivity index (χ1n) is 32.3. The Hall–Kier alpha value is -4.81. The molecule has 3 rings (SSSR count). The first-order valence-corrected chi connectivity index (χ1v) is 33.4. The van der Waals surface area contributed by atoms with Crippen LogP contribution in [0.3, 0.4) is 0 Å². The second-order valence-corrected chi connectivity index (χ2v) is 27.4. The fourth-order valence-electron chi connectivity index (χ4n) is 9.90. The summed E-state index contributed by atoms with van der Waals surface area (Å²) in [7, 11) is 0. The second kappa shape index (κ2) is 42.3. The van der Waals surface area contributed by atoms with Crippen molar-refractivity contribution in [2.24, 2.45) is 0 Å². The highest BCUT2D eigenvalue weighted by Gasteiger charge is 2.60. The van der Waals surface area contributed by atoms with Gasteiger partial charge in [-0.05, 0) is 98.1 Å². The van der Waals surface area contributed by atoms with Crippen LogP contribution in [0.2, 0.25) is 0 Å². The van der Waals surface area contributed by atoms with E-state index in [-0.39, 0.29) is 23.5 Å². The number of benzene rings is 2. The molecule has 0 bridgehead atoms. The second-order valence-electron chi connectivity index (χ2n) is 24.9. The van der Waals surface area contributed by atoms with Crippen molar-refractivity contribution in [2.45, 2.75) is 287 Å². The van der Waals surface area contributed by atoms with E-state index in [0.29, 0.717) is 12.8 Å². The smallest absolute Gasteiger partial charge is 0.452 e. The van der Waals surface area contributed by atoms with Crippen LogP contribution in [0.15, 0.2) is 72.8 Å². The van der Waals surface area contributed by atoms with Gasteiger partial charge in [-0.25, -0.2) is 24.0 Å². The van der Waals surface area contributed by atoms with Crippen molar-refractivity contribution < 1.29 is 76.1 Å². The van der Waals surface area contributed by atoms with Crippen LogP contribution in [0.5, 0.6) is 0 Å². The van der Waals surface area contributed by atoms with Gasteiger partial charge in [0, 0.05) is 6.42 Å². The number of unbranched alkanes of at least 4 members (excludes halogenated alkanes) is 23. The Morgan fingerprint density at radius 1 is 0.568 bits per heavy atom. The number of amides is 1. The summed E-state index contributed by atoms with van der Waals surface area (Å²) < 4.78 is 57.5. The number of hydrogen-bond donors (Lipinski definition) is 1. The van der Waals surface area contributed by atoms with E-state index in [1.54, 1.807) is 96.1 Å². The van der Waals surface area contributed by atoms with E-state index >= 15 is 0 Å². The molecule has 1 amide bonds. The van der Waals surface area contributed by atoms with E-state index in [4.69, 9.17) is 82.2 Å². The van der Waals surface area contributed by atoms with Crippen molar-refractivity contribution in [3.8, 4) is 0 Å². The molecule has 2 aromatic carbocycles. The summed E-state index contributed by atoms with van der Waals surface area (Å²) in [6.07, 6.45) is 19.4. The third-order valence-electron chi connectivity index (χ3n) is 14.4. The SMILES string of the molecule is CCCCCCCCCCCCCC=C[C@@H](OC(=O)c1ccccc1)[C@H](CO[C@@]1(C)O[C@H](COC(=O)OC(C)(C)C)[C@H](OC(=O)OC(C)(C)C)[C@H](OC(=O)c2ccccc2)[C@H]1OC(=O)OCC(Cl)(Cl)Cl)NC(=O)CCCCCCCCCCCCCCC. The molecule has 1 aliphatic heterocycles. The van der Waals surface area contributed by atoms with Gasteiger partial charge in [0.2, 0.25) is 15.5 Å². The number of nitrogens with one attached hydrogen (secondary N) is 1. The Kier molecular flexibility index (Phi) is 37.2. The van der Waals surface area contributed by atoms with Gasteiger partial charge in [0.1, 0.15) is 36.6 Å². The molecular formula is C68H104Cl3NO16. The van der Waals surface area contributed by atoms with E-state index in [2.05, 4.69) is 19.2 Å². The highest BCUT2D eigenvalue weighted by Crippen LogP contribution is 2.39. The predicted octanol–water partition coefficient (Wildman–Crippen LogP) is 18.0. The van der Waals surface area contributed by atoms with Crippen molar-refractivity contribution in [3.63, 3.8) is 0 Å². The van der Waals surface area contributed by atoms with Crippen molar-refractivity contribution in [1.29, 1.82) is 0 Å². The van der Waals surface area contributed by atoms with Crippen LogP contribution in [0.25, 0.3) is 0 Å². The zero-order valence-corrected chi connectivity index (χ0v) is 56.3. The molecule has 0 radical (unpaired) electrons. The van der Waals surface area contributed by atoms with Gasteiger partial charge in [0.25, 0.3) is 0 Å². The standard InChI is InChI=1S/C68H104Cl3NO16/c1-10-12-14-16-18-20-22-24-26-28-30-32-40-46-54(82-60(74)51-42-36-34-37-43-51)53(72-56(73)47-41-33-31-29-27-25-23-21-19-17-15-13-11-2)48-81-67(9)59(85-62(76)80-50-68(69,70)71)58(83-61(75)52-44-38-35-39-45-52)57(84-64(78)88-66(6,7)8)55(86-67)49-79-63(77)87-65(3,4)5/h34-40,42-46,53-55,57-59H,10-33,41,47-50H2,1-9H3,(H,72,73)/t53-,54+,55+,57-,58-,59+,67-/m0/s1. The Labute approximate surface area is 540 Å². The maximum absolute atomic E-state index is 14.3. The molecule has 498 valence electrons. The molecule has 2 aromatic rings. The Bertz CT molecular complexity index is 2320. The quantitative estimate of drug-likeness (QED) is 0.0216. The molecule has 88 heavy (non-hydrogen) atoms. The van der Waals surface area contributed by atoms with Crippen LogP contribution in [0.4, 0.5) is 14.4 Å². The van der Waals surface area contributed by atoms with Crippen LogP contribution >= 0.6 is 34.8 Å². The number of ether oxygens (including phenoxy) is 10. The first-order chi connectivity index (χ1) is 41.8. The molecule has 0 aromatic heterocycles. The third-order valence-corrected chi connectivity index (χ3v) is 14.8. The Morgan fingerprint density at radius 3 is 1.52 bits per heavy atom. The van der Waals surface area contributed by atoms with Crippen LogP contribution in [-0.4, -0.2) is 113 Å². The average Bonchev–Trinajstić information content (AvgIpc) is 0.911. The Balaban J connectivity index is 2.13. The van der Waals surface area contributed by atoms with Crippen LogP contribution in [-0.2, 0) is 52.2 Å². The highest BCUT2D eigenvalue weighted by atomic mass is 35.6. The summed E-state index contributed by atoms with van der Waals surface area (Å²) in [4.78, 5) is 83.6. The van der Waals surface area contributed by atoms with Crippen molar-refractivity contribution in [2.75, 3.05) is 19.8 Å². The largest absolute Gasteiger partial charge is 0.509 e. The van der Waals surface area contributed by atoms with E-state index < -0.39 is 108 Å². The van der Waals surface area contributed by atoms with Gasteiger partial charge in [-0.1, -0.05) is 232 Å². The lowest BCUT2D eigenvalue weighted by Crippen LogP contribution is -2.68. The van der Waals surface area contributed by atoms with Crippen molar-refractivity contribution in [3.05, 3.63) is 83.9 Å². The molecule has 0 aliphatic carbocycles. The third kappa shape index (κ3) is 34.4. The van der Waals surface area contributed by atoms with Crippen molar-refractivity contribution >= 4 is 71.1 Å². The number of halogens is 3. The molecule has 20 heteroatoms. The lowest BCUT2D eigenvalue weighted by atomic mass is 9.92. The molecule has 0 unspecified atom stereocenters. The molecule has 1 aliphatic rings. The summed E-state index contributed by atoms with van der Waals surface area (Å²) >= 11 is 18.0. The number of alkyl halides is 3. The Morgan fingerprint density at radius 2 is 1.03 bits per heavy atom. The zero-order chi connectivity index (χ0) is 64.9. The molecule has 1 N–H and O–H groups in total. The van der Waals surface area contributed by atoms with E-state index in [1.165, 1.54) is 115 Å². The normalized spacial score (nSPS) is 18.6. The summed E-state index contributed by atoms with van der Waals surface area (Å²) in [6, 6.07) is 15.0. The number of esters is 2. The van der Waals surface area contributed by atoms with Gasteiger partial charge >= 0.3 is 30.4 Å². The molecule has 17 nitrogen and oxygen atoms in total. The number of carbonyl (C=O) groups excluding carboxylic acids is 6. The molecule has 0 spiro atoms. The summed E-state index contributed by atoms with van der Waals surface area (Å²) in [5, 5.41) is 3.08. The van der Waals surface area contributed by atoms with Gasteiger partial charge in [-0.15, -0.1) is 0 Å². The van der Waals surface area contributed by atoms with Gasteiger partial charge in [0.15, 0.2) is 18.3 Å². The molecule has 1 saturated heterocycles. The summed E-state index contributed by atoms with van der Waals surface area (Å²) in [5.74, 6) is -4.38. The average molecular weight is 1300 g/mol. The fourth-order valence-corrected chi connectivity index (χ4v) is 10.1.